The lowest BCUT2D eigenvalue weighted by Gasteiger charge is -2.33. The van der Waals surface area contributed by atoms with E-state index in [0.717, 1.165) is 50.0 Å². The molecule has 0 bridgehead atoms. The van der Waals surface area contributed by atoms with E-state index in [1.54, 1.807) is 7.11 Å². The van der Waals surface area contributed by atoms with Crippen LogP contribution in [0.15, 0.2) is 54.6 Å². The summed E-state index contributed by atoms with van der Waals surface area (Å²) in [6.45, 7) is 1.82. The number of carbonyl (C=O) groups is 1. The first-order valence-electron chi connectivity index (χ1n) is 10.7. The van der Waals surface area contributed by atoms with E-state index < -0.39 is 0 Å². The van der Waals surface area contributed by atoms with E-state index in [0.29, 0.717) is 18.2 Å². The van der Waals surface area contributed by atoms with E-state index in [1.807, 2.05) is 12.1 Å². The van der Waals surface area contributed by atoms with Crippen LogP contribution in [0.3, 0.4) is 0 Å². The summed E-state index contributed by atoms with van der Waals surface area (Å²) in [5, 5.41) is 1.19. The van der Waals surface area contributed by atoms with Crippen LogP contribution in [0.1, 0.15) is 36.9 Å². The Morgan fingerprint density at radius 1 is 1.17 bits per heavy atom. The van der Waals surface area contributed by atoms with Gasteiger partial charge in [-0.25, -0.2) is 0 Å². The summed E-state index contributed by atoms with van der Waals surface area (Å²) in [5.74, 6) is 1.75. The number of hydrogen-bond donors (Lipinski definition) is 1. The molecule has 1 aliphatic heterocycles. The van der Waals surface area contributed by atoms with Gasteiger partial charge in [-0.05, 0) is 67.2 Å². The molecule has 1 unspecified atom stereocenters. The van der Waals surface area contributed by atoms with Crippen molar-refractivity contribution >= 4 is 16.8 Å². The third-order valence-corrected chi connectivity index (χ3v) is 5.96. The molecule has 0 aliphatic carbocycles. The third kappa shape index (κ3) is 5.00. The lowest BCUT2D eigenvalue weighted by molar-refractivity contribution is -0.133. The average molecular weight is 391 g/mol. The second kappa shape index (κ2) is 9.17. The zero-order chi connectivity index (χ0) is 20.1. The molecule has 2 aromatic carbocycles. The van der Waals surface area contributed by atoms with Crippen molar-refractivity contribution in [2.75, 3.05) is 20.2 Å². The molecule has 0 radical (unpaired) electrons. The van der Waals surface area contributed by atoms with Gasteiger partial charge in [-0.15, -0.1) is 0 Å². The van der Waals surface area contributed by atoms with Crippen molar-refractivity contribution < 1.29 is 9.53 Å². The Balaban J connectivity index is 1.27. The number of carbonyl (C=O) groups excluding carboxylic acids is 1. The Kier molecular flexibility index (Phi) is 6.18. The van der Waals surface area contributed by atoms with Crippen molar-refractivity contribution in [3.63, 3.8) is 0 Å². The van der Waals surface area contributed by atoms with Gasteiger partial charge < -0.3 is 14.6 Å². The molecule has 152 valence electrons. The Hall–Kier alpha value is -2.75. The molecule has 1 aliphatic rings. The van der Waals surface area contributed by atoms with Crippen molar-refractivity contribution in [1.82, 2.24) is 9.88 Å². The van der Waals surface area contributed by atoms with Gasteiger partial charge >= 0.3 is 0 Å². The second-order valence-electron chi connectivity index (χ2n) is 8.14. The number of aryl methyl sites for hydroxylation is 1. The summed E-state index contributed by atoms with van der Waals surface area (Å²) in [7, 11) is 1.68. The maximum absolute atomic E-state index is 12.7. The number of amides is 1. The number of hydrogen-bond acceptors (Lipinski definition) is 2. The maximum Gasteiger partial charge on any atom is 0.222 e. The molecule has 0 spiro atoms. The molecule has 3 aromatic rings. The molecule has 4 nitrogen and oxygen atoms in total. The van der Waals surface area contributed by atoms with Crippen molar-refractivity contribution in [3.8, 4) is 5.75 Å². The molecule has 1 atom stereocenters. The molecule has 1 saturated heterocycles. The molecule has 1 amide bonds. The Morgan fingerprint density at radius 2 is 2.03 bits per heavy atom. The number of fused-ring (bicyclic) bond motifs is 1. The highest BCUT2D eigenvalue weighted by Crippen LogP contribution is 2.23. The lowest BCUT2D eigenvalue weighted by atomic mass is 9.91. The van der Waals surface area contributed by atoms with Gasteiger partial charge in [0.15, 0.2) is 0 Å². The van der Waals surface area contributed by atoms with Crippen LogP contribution < -0.4 is 4.74 Å². The number of benzene rings is 2. The van der Waals surface area contributed by atoms with Crippen LogP contribution in [0.5, 0.6) is 5.75 Å². The molecule has 2 heterocycles. The third-order valence-electron chi connectivity index (χ3n) is 5.96. The molecular formula is C25H30N2O2. The van der Waals surface area contributed by atoms with E-state index in [4.69, 9.17) is 4.74 Å². The molecule has 29 heavy (non-hydrogen) atoms. The number of H-pyrrole nitrogens is 1. The molecule has 4 heteroatoms. The van der Waals surface area contributed by atoms with E-state index in [1.165, 1.54) is 23.1 Å². The number of rotatable bonds is 7. The van der Waals surface area contributed by atoms with Crippen molar-refractivity contribution in [1.29, 1.82) is 0 Å². The quantitative estimate of drug-likeness (QED) is 0.618. The topological polar surface area (TPSA) is 45.3 Å². The fourth-order valence-corrected chi connectivity index (χ4v) is 4.42. The fraction of sp³-hybridized carbons (Fsp3) is 0.400. The largest absolute Gasteiger partial charge is 0.497 e. The predicted molar refractivity (Wildman–Crippen MR) is 117 cm³/mol. The SMILES string of the molecule is COc1ccc2cc(CCCC(=O)N3CCCC(Cc4ccccc4)C3)[nH]c2c1. The fourth-order valence-electron chi connectivity index (χ4n) is 4.42. The lowest BCUT2D eigenvalue weighted by Crippen LogP contribution is -2.40. The first-order valence-corrected chi connectivity index (χ1v) is 10.7. The number of aromatic nitrogens is 1. The van der Waals surface area contributed by atoms with Crippen LogP contribution in [-0.4, -0.2) is 36.0 Å². The first-order chi connectivity index (χ1) is 14.2. The summed E-state index contributed by atoms with van der Waals surface area (Å²) >= 11 is 0. The molecule has 1 fully saturated rings. The number of nitrogens with zero attached hydrogens (tertiary/aromatic N) is 1. The molecular weight excluding hydrogens is 360 g/mol. The zero-order valence-corrected chi connectivity index (χ0v) is 17.2. The van der Waals surface area contributed by atoms with Crippen molar-refractivity contribution in [3.05, 3.63) is 65.9 Å². The van der Waals surface area contributed by atoms with Gasteiger partial charge in [0.2, 0.25) is 5.91 Å². The molecule has 1 aromatic heterocycles. The Labute approximate surface area is 172 Å². The zero-order valence-electron chi connectivity index (χ0n) is 17.2. The summed E-state index contributed by atoms with van der Waals surface area (Å²) in [6.07, 6.45) is 5.80. The van der Waals surface area contributed by atoms with Crippen molar-refractivity contribution in [2.24, 2.45) is 5.92 Å². The number of aromatic amines is 1. The number of piperidine rings is 1. The highest BCUT2D eigenvalue weighted by Gasteiger charge is 2.23. The van der Waals surface area contributed by atoms with Crippen molar-refractivity contribution in [2.45, 2.75) is 38.5 Å². The summed E-state index contributed by atoms with van der Waals surface area (Å²) < 4.78 is 5.29. The summed E-state index contributed by atoms with van der Waals surface area (Å²) in [6, 6.07) is 18.9. The van der Waals surface area contributed by atoms with Crippen LogP contribution >= 0.6 is 0 Å². The predicted octanol–water partition coefficient (Wildman–Crippen LogP) is 4.98. The van der Waals surface area contributed by atoms with Gasteiger partial charge in [0.25, 0.3) is 0 Å². The Morgan fingerprint density at radius 3 is 2.86 bits per heavy atom. The smallest absolute Gasteiger partial charge is 0.222 e. The minimum Gasteiger partial charge on any atom is -0.497 e. The molecule has 4 rings (SSSR count). The van der Waals surface area contributed by atoms with Gasteiger partial charge in [-0.1, -0.05) is 30.3 Å². The molecule has 0 saturated carbocycles. The van der Waals surface area contributed by atoms with Gasteiger partial charge in [-0.3, -0.25) is 4.79 Å². The molecule has 1 N–H and O–H groups in total. The normalized spacial score (nSPS) is 16.9. The standard InChI is InChI=1S/C25H30N2O2/c1-29-23-13-12-21-16-22(26-24(21)17-23)10-5-11-25(28)27-14-6-9-20(18-27)15-19-7-3-2-4-8-19/h2-4,7-8,12-13,16-17,20,26H,5-6,9-11,14-15,18H2,1H3. The first kappa shape index (κ1) is 19.6. The summed E-state index contributed by atoms with van der Waals surface area (Å²) in [5.41, 5.74) is 3.65. The van der Waals surface area contributed by atoms with Gasteiger partial charge in [0.05, 0.1) is 7.11 Å². The van der Waals surface area contributed by atoms with E-state index in [2.05, 4.69) is 52.3 Å². The summed E-state index contributed by atoms with van der Waals surface area (Å²) in [4.78, 5) is 18.3. The number of ether oxygens (including phenoxy) is 1. The highest BCUT2D eigenvalue weighted by molar-refractivity contribution is 5.82. The average Bonchev–Trinajstić information content (AvgIpc) is 3.16. The van der Waals surface area contributed by atoms with E-state index >= 15 is 0 Å². The Bertz CT molecular complexity index is 948. The number of nitrogens with one attached hydrogen (secondary N) is 1. The van der Waals surface area contributed by atoms with Crippen LogP contribution in [0.2, 0.25) is 0 Å². The second-order valence-corrected chi connectivity index (χ2v) is 8.14. The minimum absolute atomic E-state index is 0.306. The van der Waals surface area contributed by atoms with Crippen LogP contribution in [0, 0.1) is 5.92 Å². The van der Waals surface area contributed by atoms with Crippen LogP contribution in [0.25, 0.3) is 10.9 Å². The van der Waals surface area contributed by atoms with E-state index in [-0.39, 0.29) is 0 Å². The number of methoxy groups -OCH3 is 1. The minimum atomic E-state index is 0.306. The van der Waals surface area contributed by atoms with E-state index in [9.17, 15) is 4.79 Å². The maximum atomic E-state index is 12.7. The van der Waals surface area contributed by atoms with Crippen LogP contribution in [0.4, 0.5) is 0 Å². The monoisotopic (exact) mass is 390 g/mol. The number of likely N-dealkylation sites (tertiary alicyclic amines) is 1. The van der Waals surface area contributed by atoms with Gasteiger partial charge in [-0.2, -0.15) is 0 Å². The highest BCUT2D eigenvalue weighted by atomic mass is 16.5. The van der Waals surface area contributed by atoms with Gasteiger partial charge in [0, 0.05) is 36.8 Å². The van der Waals surface area contributed by atoms with Gasteiger partial charge in [0.1, 0.15) is 5.75 Å². The van der Waals surface area contributed by atoms with Crippen LogP contribution in [-0.2, 0) is 17.6 Å².